The van der Waals surface area contributed by atoms with E-state index < -0.39 is 41.4 Å². The number of carbonyl (C=O) groups excluding carboxylic acids is 15. The number of hydrogen-bond acceptors (Lipinski definition) is 22. The second kappa shape index (κ2) is 39.9. The number of benzene rings is 3. The minimum atomic E-state index is -0.741. The Morgan fingerprint density at radius 2 is 0.861 bits per heavy atom. The minimum Gasteiger partial charge on any atom is -0.507 e. The van der Waals surface area contributed by atoms with Gasteiger partial charge in [0.25, 0.3) is 41.4 Å². The van der Waals surface area contributed by atoms with Crippen LogP contribution in [0.5, 0.6) is 5.75 Å². The number of imidazole rings is 6. The first-order chi connectivity index (χ1) is 65.3. The topological polar surface area (TPSA) is 518 Å². The van der Waals surface area contributed by atoms with Crippen LogP contribution in [0.25, 0.3) is 21.7 Å². The molecule has 14 aromatic rings. The number of aromatic nitrogens is 17. The number of phenols is 1. The van der Waals surface area contributed by atoms with Gasteiger partial charge < -0.3 is 103 Å². The number of phenolic OH excluding ortho intramolecular Hbond substituents is 1. The van der Waals surface area contributed by atoms with E-state index in [2.05, 4.69) is 77.4 Å². The third kappa shape index (κ3) is 21.5. The summed E-state index contributed by atoms with van der Waals surface area (Å²) in [5.41, 5.74) is 6.94. The van der Waals surface area contributed by atoms with Gasteiger partial charge >= 0.3 is 0 Å². The molecule has 3 aromatic carbocycles. The van der Waals surface area contributed by atoms with Crippen molar-refractivity contribution < 1.29 is 77.0 Å². The highest BCUT2D eigenvalue weighted by Crippen LogP contribution is 2.46. The molecule has 1 unspecified atom stereocenters. The summed E-state index contributed by atoms with van der Waals surface area (Å²) in [5, 5.41) is 34.1. The zero-order valence-electron chi connectivity index (χ0n) is 76.5. The highest BCUT2D eigenvalue weighted by Gasteiger charge is 2.37. The third-order valence-corrected chi connectivity index (χ3v) is 23.6. The van der Waals surface area contributed by atoms with E-state index in [1.54, 1.807) is 128 Å². The van der Waals surface area contributed by atoms with E-state index in [0.717, 1.165) is 21.9 Å². The van der Waals surface area contributed by atoms with Crippen molar-refractivity contribution in [2.75, 3.05) is 62.3 Å². The number of aromatic hydroxyl groups is 1. The van der Waals surface area contributed by atoms with Crippen LogP contribution in [-0.2, 0) is 122 Å². The fourth-order valence-corrected chi connectivity index (χ4v) is 17.0. The number of Topliss-reactive ketones (excluding diaryl/α,β-unsaturated/α-hetero) is 6. The summed E-state index contributed by atoms with van der Waals surface area (Å²) in [5.74, 6) is -6.24. The number of halogens is 1. The highest BCUT2D eigenvalue weighted by molar-refractivity contribution is 6.20. The van der Waals surface area contributed by atoms with Gasteiger partial charge in [0.15, 0.2) is 58.0 Å². The number of aryl methyl sites for hydroxylation is 10. The Hall–Kier alpha value is -16.8. The second-order valence-corrected chi connectivity index (χ2v) is 34.2. The van der Waals surface area contributed by atoms with Gasteiger partial charge in [-0.05, 0) is 88.5 Å². The Kier molecular flexibility index (Phi) is 27.6. The molecule has 1 aliphatic heterocycles. The number of rotatable bonds is 39. The van der Waals surface area contributed by atoms with Crippen molar-refractivity contribution in [3.63, 3.8) is 0 Å². The molecule has 137 heavy (non-hydrogen) atoms. The standard InChI is InChI=1S/C94H97ClN26O16/c1-50(122)98-75-45-118(9)86(103-75)92(135)109-78-48-117(8)84(106-78)90(133)97-25-23-80(130)102-76-46-119(10)87(104-76)93(136)110-79-49-120(11)85(107-79)91(134)100-57-35-69(114(5)43-57)88(131)108-77-47-116(7)83(105-77)89(132)96-24-15-17-60(124)28-53-30-67(112(3)40-53)74(129)36-58-44-115(6)82(99-58)70(125)20-14-16-59(123)27-52-29-65(111(2)39-52)73(128)33-54-31-66(113(4)41-54)72(127)32-51-21-22-63-55(26-51)34-64(101-63)94(137)121-42-56(38-95)81-62-19-13-12-18-61(62)71(126)37-68(81)121/h12-13,18-19,21-22,26,29-31,34-35,37,39-41,43-49,56,101,126H,14-17,20,23-25,27-28,32-33,36,38,42H2,1-11H3,(H,96,132)(H,97,133)(H,98,122)(H,100,134)(H,102,130)(H,108,131)(H,109,135)(H,110,136). The largest absolute Gasteiger partial charge is 0.507 e. The molecule has 42 nitrogen and oxygen atoms in total. The van der Waals surface area contributed by atoms with Crippen LogP contribution in [0.3, 0.4) is 0 Å². The average Bonchev–Trinajstić information content (AvgIpc) is 1.59. The lowest BCUT2D eigenvalue weighted by Crippen LogP contribution is -2.30. The number of alkyl halides is 1. The number of carbonyl (C=O) groups is 15. The van der Waals surface area contributed by atoms with Gasteiger partial charge in [-0.25, -0.2) is 29.9 Å². The fourth-order valence-electron chi connectivity index (χ4n) is 16.8. The Labute approximate surface area is 785 Å². The Balaban J connectivity index is 0.445. The van der Waals surface area contributed by atoms with Crippen LogP contribution in [0.2, 0.25) is 0 Å². The van der Waals surface area contributed by atoms with Crippen LogP contribution < -0.4 is 47.4 Å². The molecule has 0 saturated carbocycles. The lowest BCUT2D eigenvalue weighted by atomic mass is 9.95. The van der Waals surface area contributed by atoms with E-state index in [4.69, 9.17) is 11.6 Å². The van der Waals surface area contributed by atoms with Crippen LogP contribution in [0.4, 0.5) is 40.5 Å². The second-order valence-electron chi connectivity index (χ2n) is 33.9. The number of aromatic amines is 1. The average molecular weight is 1880 g/mol. The van der Waals surface area contributed by atoms with E-state index >= 15 is 0 Å². The van der Waals surface area contributed by atoms with Gasteiger partial charge in [-0.15, -0.1) is 11.6 Å². The van der Waals surface area contributed by atoms with Crippen molar-refractivity contribution in [1.29, 1.82) is 0 Å². The third-order valence-electron chi connectivity index (χ3n) is 23.2. The van der Waals surface area contributed by atoms with E-state index in [0.29, 0.717) is 74.2 Å². The molecule has 9 amide bonds. The SMILES string of the molecule is CC(=O)Nc1cn(C)c(C(=O)Nc2cn(C)c(C(=O)NCCC(=O)Nc3cn(C)c(C(=O)Nc4cn(C)c(C(=O)Nc5cc(C(=O)Nc6cn(C)c(C(=O)NCCCC(=O)Cc7cc(C(=O)Cc8cn(C)c(C(=O)CCCC(=O)Cc9cc(C(=O)Cc%10cc(C(=O)Cc%11ccc%12[nH]c(C(=O)N%13CC(CCl)c%14c%13cc(O)c%13ccccc%14%13)cc%12c%11)n(C)c%10)n(C)c9)n8)n(C)c7)n6)n(C)c5)n4)n3)n2)n1. The molecule has 43 heteroatoms. The van der Waals surface area contributed by atoms with Gasteiger partial charge in [0, 0.05) is 245 Å². The summed E-state index contributed by atoms with van der Waals surface area (Å²) >= 11 is 6.45. The van der Waals surface area contributed by atoms with Crippen LogP contribution in [0.1, 0.15) is 201 Å². The maximum absolute atomic E-state index is 14.1. The molecule has 12 heterocycles. The van der Waals surface area contributed by atoms with Crippen molar-refractivity contribution in [1.82, 2.24) is 91.2 Å². The van der Waals surface area contributed by atoms with Gasteiger partial charge in [-0.1, -0.05) is 30.3 Å². The normalized spacial score (nSPS) is 12.3. The summed E-state index contributed by atoms with van der Waals surface area (Å²) in [6, 6.07) is 22.8. The molecule has 15 rings (SSSR count). The molecule has 1 atom stereocenters. The van der Waals surface area contributed by atoms with Crippen molar-refractivity contribution in [2.45, 2.75) is 83.5 Å². The maximum Gasteiger partial charge on any atom is 0.292 e. The molecule has 1 aliphatic rings. The predicted octanol–water partition coefficient (Wildman–Crippen LogP) is 8.25. The maximum atomic E-state index is 14.1. The van der Waals surface area contributed by atoms with Gasteiger partial charge in [0.05, 0.1) is 40.6 Å². The van der Waals surface area contributed by atoms with Crippen molar-refractivity contribution in [2.24, 2.45) is 70.5 Å². The Bertz CT molecular complexity index is 7280. The molecular weight excluding hydrogens is 1780 g/mol. The molecule has 0 aliphatic carbocycles. The zero-order valence-corrected chi connectivity index (χ0v) is 77.3. The van der Waals surface area contributed by atoms with Gasteiger partial charge in [0.1, 0.15) is 28.7 Å². The van der Waals surface area contributed by atoms with Crippen molar-refractivity contribution >= 4 is 162 Å². The van der Waals surface area contributed by atoms with E-state index in [9.17, 15) is 77.0 Å². The van der Waals surface area contributed by atoms with E-state index in [1.807, 2.05) is 42.5 Å². The van der Waals surface area contributed by atoms with Crippen LogP contribution >= 0.6 is 11.6 Å². The zero-order chi connectivity index (χ0) is 97.8. The Morgan fingerprint density at radius 1 is 0.401 bits per heavy atom. The molecule has 0 spiro atoms. The summed E-state index contributed by atoms with van der Waals surface area (Å²) in [6.45, 7) is 1.62. The highest BCUT2D eigenvalue weighted by atomic mass is 35.5. The number of nitrogens with one attached hydrogen (secondary N) is 9. The van der Waals surface area contributed by atoms with Crippen LogP contribution in [0, 0.1) is 0 Å². The molecule has 0 radical (unpaired) electrons. The minimum absolute atomic E-state index is 0.00366. The smallest absolute Gasteiger partial charge is 0.292 e. The molecule has 0 saturated heterocycles. The van der Waals surface area contributed by atoms with Gasteiger partial charge in [-0.2, -0.15) is 0 Å². The lowest BCUT2D eigenvalue weighted by Gasteiger charge is -2.17. The monoisotopic (exact) mass is 1880 g/mol. The molecule has 0 fully saturated rings. The predicted molar refractivity (Wildman–Crippen MR) is 503 cm³/mol. The molecule has 706 valence electrons. The first-order valence-electron chi connectivity index (χ1n) is 43.5. The molecular formula is C94H97ClN26O16. The number of nitrogens with zero attached hydrogens (tertiary/aromatic N) is 17. The van der Waals surface area contributed by atoms with Crippen molar-refractivity contribution in [3.05, 3.63) is 238 Å². The summed E-state index contributed by atoms with van der Waals surface area (Å²) < 4.78 is 14.9. The quantitative estimate of drug-likeness (QED) is 0.00984. The number of amides is 9. The molecule has 11 aromatic heterocycles. The number of H-pyrrole nitrogens is 1. The number of hydrogen-bond donors (Lipinski definition) is 10. The summed E-state index contributed by atoms with van der Waals surface area (Å²) in [7, 11) is 16.1. The van der Waals surface area contributed by atoms with E-state index in [1.165, 1.54) is 98.7 Å². The number of ketones is 6. The Morgan fingerprint density at radius 3 is 1.40 bits per heavy atom. The first kappa shape index (κ1) is 94.8. The fraction of sp³-hybridized carbons (Fsp3) is 0.287. The van der Waals surface area contributed by atoms with E-state index in [-0.39, 0.29) is 217 Å². The molecule has 0 bridgehead atoms. The number of fused-ring (bicyclic) bond motifs is 4. The van der Waals surface area contributed by atoms with Gasteiger partial charge in [0.2, 0.25) is 40.9 Å². The number of anilines is 7. The lowest BCUT2D eigenvalue weighted by molar-refractivity contribution is -0.119. The van der Waals surface area contributed by atoms with Crippen LogP contribution in [0.15, 0.2) is 141 Å². The first-order valence-corrected chi connectivity index (χ1v) is 44.0. The van der Waals surface area contributed by atoms with Crippen LogP contribution in [-0.4, -0.2) is 199 Å². The molecule has 10 N–H and O–H groups in total. The summed E-state index contributed by atoms with van der Waals surface area (Å²) in [4.78, 5) is 230. The van der Waals surface area contributed by atoms with Gasteiger partial charge in [-0.3, -0.25) is 71.9 Å². The summed E-state index contributed by atoms with van der Waals surface area (Å²) in [6.07, 6.45) is 15.8. The van der Waals surface area contributed by atoms with Crippen molar-refractivity contribution in [3.8, 4) is 5.75 Å².